The Balaban J connectivity index is 0.00000249. The molecule has 0 unspecified atom stereocenters. The van der Waals surface area contributed by atoms with Gasteiger partial charge in [0, 0.05) is 17.9 Å². The number of carboxylic acid groups (broad SMARTS) is 1. The molecule has 2 aromatic rings. The SMILES string of the molecule is C=CC(=C)/C=C\C=C/Cc1cc(-c2ccccc2)n(C/C=C(\C=C/C)C(=O)O)c1C.CC. The monoisotopic (exact) mass is 429 g/mol. The van der Waals surface area contributed by atoms with Crippen molar-refractivity contribution in [2.24, 2.45) is 0 Å². The predicted molar refractivity (Wildman–Crippen MR) is 138 cm³/mol. The number of aromatic nitrogens is 1. The molecule has 0 bridgehead atoms. The number of carboxylic acids is 1. The minimum atomic E-state index is -0.921. The second-order valence-electron chi connectivity index (χ2n) is 6.85. The Morgan fingerprint density at radius 1 is 1.12 bits per heavy atom. The Bertz CT molecular complexity index is 1010. The molecule has 0 aliphatic heterocycles. The third-order valence-corrected chi connectivity index (χ3v) is 4.79. The fourth-order valence-corrected chi connectivity index (χ4v) is 3.11. The molecule has 0 saturated carbocycles. The zero-order valence-electron chi connectivity index (χ0n) is 19.7. The molecule has 1 heterocycles. The van der Waals surface area contributed by atoms with Gasteiger partial charge >= 0.3 is 5.97 Å². The lowest BCUT2D eigenvalue weighted by molar-refractivity contribution is -0.132. The lowest BCUT2D eigenvalue weighted by Crippen LogP contribution is -2.04. The Hall–Kier alpha value is -3.59. The van der Waals surface area contributed by atoms with Crippen LogP contribution < -0.4 is 0 Å². The molecule has 168 valence electrons. The predicted octanol–water partition coefficient (Wildman–Crippen LogP) is 7.47. The van der Waals surface area contributed by atoms with E-state index in [1.807, 2.05) is 57.2 Å². The second-order valence-corrected chi connectivity index (χ2v) is 6.85. The smallest absolute Gasteiger partial charge is 0.335 e. The molecule has 1 N–H and O–H groups in total. The first-order valence-electron chi connectivity index (χ1n) is 10.9. The van der Waals surface area contributed by atoms with Gasteiger partial charge in [-0.25, -0.2) is 4.79 Å². The molecule has 0 amide bonds. The van der Waals surface area contributed by atoms with Gasteiger partial charge in [-0.05, 0) is 43.0 Å². The minimum Gasteiger partial charge on any atom is -0.478 e. The van der Waals surface area contributed by atoms with Gasteiger partial charge in [-0.3, -0.25) is 0 Å². The average molecular weight is 430 g/mol. The van der Waals surface area contributed by atoms with Crippen molar-refractivity contribution in [1.29, 1.82) is 0 Å². The van der Waals surface area contributed by atoms with E-state index in [2.05, 4.69) is 48.9 Å². The number of carbonyl (C=O) groups is 1. The first-order valence-corrected chi connectivity index (χ1v) is 10.9. The van der Waals surface area contributed by atoms with Gasteiger partial charge in [0.05, 0.1) is 5.57 Å². The summed E-state index contributed by atoms with van der Waals surface area (Å²) >= 11 is 0. The molecule has 3 heteroatoms. The van der Waals surface area contributed by atoms with Gasteiger partial charge in [0.15, 0.2) is 0 Å². The van der Waals surface area contributed by atoms with Gasteiger partial charge in [-0.15, -0.1) is 0 Å². The van der Waals surface area contributed by atoms with E-state index in [-0.39, 0.29) is 0 Å². The van der Waals surface area contributed by atoms with Crippen molar-refractivity contribution >= 4 is 5.97 Å². The number of benzene rings is 1. The van der Waals surface area contributed by atoms with Gasteiger partial charge in [0.25, 0.3) is 0 Å². The second kappa shape index (κ2) is 14.4. The fourth-order valence-electron chi connectivity index (χ4n) is 3.11. The Morgan fingerprint density at radius 2 is 1.81 bits per heavy atom. The lowest BCUT2D eigenvalue weighted by Gasteiger charge is -2.10. The number of allylic oxidation sites excluding steroid dienone is 8. The van der Waals surface area contributed by atoms with Gasteiger partial charge in [-0.1, -0.05) is 106 Å². The van der Waals surface area contributed by atoms with Crippen LogP contribution in [-0.2, 0) is 17.8 Å². The average Bonchev–Trinajstić information content (AvgIpc) is 3.13. The maximum absolute atomic E-state index is 11.5. The van der Waals surface area contributed by atoms with Crippen molar-refractivity contribution in [3.8, 4) is 11.3 Å². The van der Waals surface area contributed by atoms with E-state index in [0.29, 0.717) is 12.1 Å². The Labute approximate surface area is 193 Å². The largest absolute Gasteiger partial charge is 0.478 e. The summed E-state index contributed by atoms with van der Waals surface area (Å²) in [7, 11) is 0. The lowest BCUT2D eigenvalue weighted by atomic mass is 10.1. The van der Waals surface area contributed by atoms with Crippen LogP contribution in [0.2, 0.25) is 0 Å². The first kappa shape index (κ1) is 26.4. The highest BCUT2D eigenvalue weighted by Crippen LogP contribution is 2.27. The van der Waals surface area contributed by atoms with E-state index < -0.39 is 5.97 Å². The maximum atomic E-state index is 11.5. The molecule has 3 nitrogen and oxygen atoms in total. The zero-order valence-corrected chi connectivity index (χ0v) is 19.7. The summed E-state index contributed by atoms with van der Waals surface area (Å²) in [6, 6.07) is 12.3. The van der Waals surface area contributed by atoms with E-state index in [1.54, 1.807) is 24.3 Å². The van der Waals surface area contributed by atoms with Crippen LogP contribution in [0, 0.1) is 6.92 Å². The third kappa shape index (κ3) is 7.92. The number of rotatable bonds is 10. The highest BCUT2D eigenvalue weighted by molar-refractivity contribution is 5.89. The van der Waals surface area contributed by atoms with Crippen LogP contribution in [0.15, 0.2) is 109 Å². The summed E-state index contributed by atoms with van der Waals surface area (Å²) in [5.74, 6) is -0.921. The molecular formula is C29H35NO2. The van der Waals surface area contributed by atoms with E-state index in [0.717, 1.165) is 28.9 Å². The van der Waals surface area contributed by atoms with Crippen LogP contribution in [-0.4, -0.2) is 15.6 Å². The minimum absolute atomic E-state index is 0.290. The van der Waals surface area contributed by atoms with Crippen molar-refractivity contribution in [1.82, 2.24) is 4.57 Å². The Morgan fingerprint density at radius 3 is 2.41 bits per heavy atom. The number of hydrogen-bond donors (Lipinski definition) is 1. The van der Waals surface area contributed by atoms with Crippen LogP contribution in [0.5, 0.6) is 0 Å². The van der Waals surface area contributed by atoms with Gasteiger partial charge in [-0.2, -0.15) is 0 Å². The van der Waals surface area contributed by atoms with Crippen LogP contribution in [0.1, 0.15) is 32.0 Å². The number of nitrogens with zero attached hydrogens (tertiary/aromatic N) is 1. The quantitative estimate of drug-likeness (QED) is 0.314. The van der Waals surface area contributed by atoms with Gasteiger partial charge < -0.3 is 9.67 Å². The summed E-state index contributed by atoms with van der Waals surface area (Å²) in [6.45, 7) is 15.9. The molecule has 2 rings (SSSR count). The van der Waals surface area contributed by atoms with E-state index in [4.69, 9.17) is 0 Å². The number of hydrogen-bond acceptors (Lipinski definition) is 1. The molecule has 32 heavy (non-hydrogen) atoms. The molecule has 1 aromatic heterocycles. The number of aliphatic carboxylic acids is 1. The summed E-state index contributed by atoms with van der Waals surface area (Å²) in [4.78, 5) is 11.5. The third-order valence-electron chi connectivity index (χ3n) is 4.79. The van der Waals surface area contributed by atoms with Crippen LogP contribution in [0.3, 0.4) is 0 Å². The van der Waals surface area contributed by atoms with E-state index in [1.165, 1.54) is 5.56 Å². The van der Waals surface area contributed by atoms with Gasteiger partial charge in [0.1, 0.15) is 0 Å². The molecule has 0 saturated heterocycles. The molecule has 0 fully saturated rings. The summed E-state index contributed by atoms with van der Waals surface area (Å²) < 4.78 is 2.17. The highest BCUT2D eigenvalue weighted by atomic mass is 16.4. The maximum Gasteiger partial charge on any atom is 0.335 e. The van der Waals surface area contributed by atoms with Crippen LogP contribution in [0.4, 0.5) is 0 Å². The van der Waals surface area contributed by atoms with Crippen molar-refractivity contribution < 1.29 is 9.90 Å². The molecule has 0 spiro atoms. The fraction of sp³-hybridized carbons (Fsp3) is 0.207. The highest BCUT2D eigenvalue weighted by Gasteiger charge is 2.12. The topological polar surface area (TPSA) is 42.2 Å². The molecule has 0 radical (unpaired) electrons. The van der Waals surface area contributed by atoms with Crippen LogP contribution >= 0.6 is 0 Å². The van der Waals surface area contributed by atoms with Crippen molar-refractivity contribution in [3.63, 3.8) is 0 Å². The van der Waals surface area contributed by atoms with Gasteiger partial charge in [0.2, 0.25) is 0 Å². The van der Waals surface area contributed by atoms with Crippen molar-refractivity contribution in [2.45, 2.75) is 40.7 Å². The summed E-state index contributed by atoms with van der Waals surface area (Å²) in [5.41, 5.74) is 5.67. The first-order chi connectivity index (χ1) is 15.5. The normalized spacial score (nSPS) is 11.7. The van der Waals surface area contributed by atoms with Crippen molar-refractivity contribution in [3.05, 3.63) is 121 Å². The standard InChI is InChI=1S/C27H29NO2.C2H6/c1-5-13-24(27(29)30)18-19-28-22(4)25(17-12-7-9-14-21(3)6-2)20-26(28)23-15-10-8-11-16-23;1-2/h5-16,18,20H,2-3,17,19H2,1,4H3,(H,29,30);1-2H3/b12-7-,13-5-,14-9-,24-18+;. The molecule has 0 atom stereocenters. The Kier molecular flexibility index (Phi) is 11.9. The van der Waals surface area contributed by atoms with E-state index in [9.17, 15) is 9.90 Å². The van der Waals surface area contributed by atoms with Crippen LogP contribution in [0.25, 0.3) is 11.3 Å². The summed E-state index contributed by atoms with van der Waals surface area (Å²) in [6.07, 6.45) is 15.6. The van der Waals surface area contributed by atoms with E-state index >= 15 is 0 Å². The summed E-state index contributed by atoms with van der Waals surface area (Å²) in [5, 5.41) is 9.41. The molecular weight excluding hydrogens is 394 g/mol. The molecule has 1 aromatic carbocycles. The zero-order chi connectivity index (χ0) is 23.9. The molecule has 0 aliphatic carbocycles. The molecule has 0 aliphatic rings. The van der Waals surface area contributed by atoms with Crippen molar-refractivity contribution in [2.75, 3.05) is 0 Å².